The minimum Gasteiger partial charge on any atom is -0.354 e. The summed E-state index contributed by atoms with van der Waals surface area (Å²) in [4.78, 5) is 26.4. The van der Waals surface area contributed by atoms with Crippen LogP contribution in [-0.2, 0) is 22.7 Å². The van der Waals surface area contributed by atoms with Gasteiger partial charge in [0.2, 0.25) is 11.8 Å². The van der Waals surface area contributed by atoms with Crippen molar-refractivity contribution < 1.29 is 14.0 Å². The van der Waals surface area contributed by atoms with E-state index in [-0.39, 0.29) is 24.2 Å². The van der Waals surface area contributed by atoms with Crippen molar-refractivity contribution in [3.05, 3.63) is 72.2 Å². The van der Waals surface area contributed by atoms with Gasteiger partial charge >= 0.3 is 0 Å². The first-order chi connectivity index (χ1) is 14.1. The van der Waals surface area contributed by atoms with Gasteiger partial charge in [0, 0.05) is 43.3 Å². The molecule has 6 heteroatoms. The average Bonchev–Trinajstić information content (AvgIpc) is 3.31. The molecule has 1 unspecified atom stereocenters. The molecule has 1 aliphatic rings. The molecule has 0 spiro atoms. The van der Waals surface area contributed by atoms with E-state index in [9.17, 15) is 14.0 Å². The number of para-hydroxylation sites is 1. The van der Waals surface area contributed by atoms with E-state index in [2.05, 4.69) is 34.3 Å². The smallest absolute Gasteiger partial charge is 0.242 e. The number of amides is 2. The van der Waals surface area contributed by atoms with E-state index in [0.29, 0.717) is 24.9 Å². The first-order valence-electron chi connectivity index (χ1n) is 9.98. The molecule has 0 aliphatic carbocycles. The molecular weight excluding hydrogens is 369 g/mol. The maximum absolute atomic E-state index is 14.0. The number of halogens is 1. The predicted octanol–water partition coefficient (Wildman–Crippen LogP) is 3.48. The molecule has 2 amide bonds. The number of carbonyl (C=O) groups is 2. The summed E-state index contributed by atoms with van der Waals surface area (Å²) in [5.41, 5.74) is 1.61. The van der Waals surface area contributed by atoms with Crippen LogP contribution < -0.4 is 5.32 Å². The SMILES string of the molecule is O=C(NCCCn1ccc2ccccc21)C1CCC(=O)N1Cc1ccccc1F. The third kappa shape index (κ3) is 4.16. The van der Waals surface area contributed by atoms with E-state index in [4.69, 9.17) is 0 Å². The number of nitrogens with zero attached hydrogens (tertiary/aromatic N) is 2. The summed E-state index contributed by atoms with van der Waals surface area (Å²) in [6.07, 6.45) is 3.64. The third-order valence-electron chi connectivity index (χ3n) is 5.48. The summed E-state index contributed by atoms with van der Waals surface area (Å²) in [5, 5.41) is 4.15. The van der Waals surface area contributed by atoms with Gasteiger partial charge in [0.15, 0.2) is 0 Å². The number of nitrogens with one attached hydrogen (secondary N) is 1. The lowest BCUT2D eigenvalue weighted by Gasteiger charge is -2.24. The number of benzene rings is 2. The van der Waals surface area contributed by atoms with Crippen LogP contribution in [0.15, 0.2) is 60.8 Å². The van der Waals surface area contributed by atoms with Crippen LogP contribution in [0.1, 0.15) is 24.8 Å². The van der Waals surface area contributed by atoms with Gasteiger partial charge in [-0.25, -0.2) is 4.39 Å². The maximum atomic E-state index is 14.0. The second kappa shape index (κ2) is 8.47. The molecule has 0 bridgehead atoms. The Kier molecular flexibility index (Phi) is 5.60. The monoisotopic (exact) mass is 393 g/mol. The molecule has 4 rings (SSSR count). The van der Waals surface area contributed by atoms with Crippen LogP contribution in [0.2, 0.25) is 0 Å². The predicted molar refractivity (Wildman–Crippen MR) is 110 cm³/mol. The van der Waals surface area contributed by atoms with E-state index in [0.717, 1.165) is 13.0 Å². The topological polar surface area (TPSA) is 54.3 Å². The number of aromatic nitrogens is 1. The molecule has 1 fully saturated rings. The summed E-state index contributed by atoms with van der Waals surface area (Å²) in [5.74, 6) is -0.623. The van der Waals surface area contributed by atoms with Gasteiger partial charge in [-0.2, -0.15) is 0 Å². The summed E-state index contributed by atoms with van der Waals surface area (Å²) in [6, 6.07) is 16.1. The van der Waals surface area contributed by atoms with Crippen LogP contribution in [-0.4, -0.2) is 33.9 Å². The van der Waals surface area contributed by atoms with E-state index in [1.165, 1.54) is 21.9 Å². The lowest BCUT2D eigenvalue weighted by atomic mass is 10.1. The van der Waals surface area contributed by atoms with Gasteiger partial charge in [-0.1, -0.05) is 36.4 Å². The number of likely N-dealkylation sites (tertiary alicyclic amines) is 1. The molecule has 3 aromatic rings. The van der Waals surface area contributed by atoms with Crippen molar-refractivity contribution in [3.63, 3.8) is 0 Å². The van der Waals surface area contributed by atoms with Gasteiger partial charge in [0.05, 0.1) is 0 Å². The first-order valence-corrected chi connectivity index (χ1v) is 9.98. The van der Waals surface area contributed by atoms with E-state index < -0.39 is 6.04 Å². The summed E-state index contributed by atoms with van der Waals surface area (Å²) < 4.78 is 16.1. The average molecular weight is 393 g/mol. The Bertz CT molecular complexity index is 1030. The number of hydrogen-bond donors (Lipinski definition) is 1. The zero-order chi connectivity index (χ0) is 20.2. The molecule has 1 saturated heterocycles. The zero-order valence-corrected chi connectivity index (χ0v) is 16.2. The molecule has 1 N–H and O–H groups in total. The van der Waals surface area contributed by atoms with Crippen LogP contribution in [0.4, 0.5) is 4.39 Å². The lowest BCUT2D eigenvalue weighted by Crippen LogP contribution is -2.44. The Morgan fingerprint density at radius 2 is 1.90 bits per heavy atom. The summed E-state index contributed by atoms with van der Waals surface area (Å²) in [7, 11) is 0. The van der Waals surface area contributed by atoms with Gasteiger partial charge in [0.1, 0.15) is 11.9 Å². The van der Waals surface area contributed by atoms with Crippen molar-refractivity contribution in [2.45, 2.75) is 38.4 Å². The summed E-state index contributed by atoms with van der Waals surface area (Å²) >= 11 is 0. The lowest BCUT2D eigenvalue weighted by molar-refractivity contribution is -0.135. The Balaban J connectivity index is 1.31. The van der Waals surface area contributed by atoms with Gasteiger partial charge in [-0.15, -0.1) is 0 Å². The molecule has 150 valence electrons. The maximum Gasteiger partial charge on any atom is 0.242 e. The van der Waals surface area contributed by atoms with Crippen molar-refractivity contribution in [2.24, 2.45) is 0 Å². The first kappa shape index (κ1) is 19.2. The Morgan fingerprint density at radius 3 is 2.76 bits per heavy atom. The van der Waals surface area contributed by atoms with Crippen molar-refractivity contribution in [2.75, 3.05) is 6.54 Å². The number of fused-ring (bicyclic) bond motifs is 1. The van der Waals surface area contributed by atoms with Gasteiger partial charge in [0.25, 0.3) is 0 Å². The van der Waals surface area contributed by atoms with Crippen molar-refractivity contribution in [3.8, 4) is 0 Å². The minimum absolute atomic E-state index is 0.104. The molecule has 2 aromatic carbocycles. The standard InChI is InChI=1S/C23H24FN3O2/c24-19-8-3-1-7-18(19)16-27-21(10-11-22(27)28)23(29)25-13-5-14-26-15-12-17-6-2-4-9-20(17)26/h1-4,6-9,12,15,21H,5,10-11,13-14,16H2,(H,25,29). The Morgan fingerprint density at radius 1 is 1.10 bits per heavy atom. The van der Waals surface area contributed by atoms with Crippen molar-refractivity contribution >= 4 is 22.7 Å². The molecule has 2 heterocycles. The fourth-order valence-electron chi connectivity index (χ4n) is 3.93. The second-order valence-corrected chi connectivity index (χ2v) is 7.38. The minimum atomic E-state index is -0.533. The van der Waals surface area contributed by atoms with Crippen LogP contribution >= 0.6 is 0 Å². The Hall–Kier alpha value is -3.15. The highest BCUT2D eigenvalue weighted by Gasteiger charge is 2.36. The Labute approximate surface area is 169 Å². The number of hydrogen-bond acceptors (Lipinski definition) is 2. The van der Waals surface area contributed by atoms with E-state index >= 15 is 0 Å². The van der Waals surface area contributed by atoms with E-state index in [1.807, 2.05) is 12.1 Å². The molecule has 1 aromatic heterocycles. The highest BCUT2D eigenvalue weighted by molar-refractivity contribution is 5.90. The highest BCUT2D eigenvalue weighted by Crippen LogP contribution is 2.23. The molecule has 1 atom stereocenters. The van der Waals surface area contributed by atoms with E-state index in [1.54, 1.807) is 18.2 Å². The molecule has 1 aliphatic heterocycles. The fourth-order valence-corrected chi connectivity index (χ4v) is 3.93. The number of rotatable bonds is 7. The molecule has 29 heavy (non-hydrogen) atoms. The number of aryl methyl sites for hydroxylation is 1. The highest BCUT2D eigenvalue weighted by atomic mass is 19.1. The van der Waals surface area contributed by atoms with Crippen LogP contribution in [0.25, 0.3) is 10.9 Å². The largest absolute Gasteiger partial charge is 0.354 e. The van der Waals surface area contributed by atoms with Gasteiger partial charge in [-0.3, -0.25) is 9.59 Å². The quantitative estimate of drug-likeness (QED) is 0.625. The van der Waals surface area contributed by atoms with Gasteiger partial charge < -0.3 is 14.8 Å². The van der Waals surface area contributed by atoms with Crippen molar-refractivity contribution in [1.82, 2.24) is 14.8 Å². The van der Waals surface area contributed by atoms with Crippen LogP contribution in [0.3, 0.4) is 0 Å². The summed E-state index contributed by atoms with van der Waals surface area (Å²) in [6.45, 7) is 1.46. The number of carbonyl (C=O) groups excluding carboxylic acids is 2. The van der Waals surface area contributed by atoms with Crippen LogP contribution in [0.5, 0.6) is 0 Å². The molecular formula is C23H24FN3O2. The molecule has 5 nitrogen and oxygen atoms in total. The molecule has 0 saturated carbocycles. The second-order valence-electron chi connectivity index (χ2n) is 7.38. The molecule has 0 radical (unpaired) electrons. The van der Waals surface area contributed by atoms with Gasteiger partial charge in [-0.05, 0) is 36.4 Å². The normalized spacial score (nSPS) is 16.5. The zero-order valence-electron chi connectivity index (χ0n) is 16.2. The van der Waals surface area contributed by atoms with Crippen LogP contribution in [0, 0.1) is 5.82 Å². The van der Waals surface area contributed by atoms with Crippen molar-refractivity contribution in [1.29, 1.82) is 0 Å². The fraction of sp³-hybridized carbons (Fsp3) is 0.304. The third-order valence-corrected chi connectivity index (χ3v) is 5.48.